The average molecular weight is 371 g/mol. The molecule has 2 aromatic carbocycles. The molecule has 4 heteroatoms. The third-order valence-corrected chi connectivity index (χ3v) is 6.76. The second kappa shape index (κ2) is 7.66. The predicted molar refractivity (Wildman–Crippen MR) is 108 cm³/mol. The van der Waals surface area contributed by atoms with Crippen molar-refractivity contribution in [1.82, 2.24) is 5.32 Å². The fourth-order valence-corrected chi connectivity index (χ4v) is 5.13. The van der Waals surface area contributed by atoms with Crippen molar-refractivity contribution in [1.29, 1.82) is 10.5 Å². The Bertz CT molecular complexity index is 945. The highest BCUT2D eigenvalue weighted by atomic mass is 16.5. The second-order valence-corrected chi connectivity index (χ2v) is 8.09. The van der Waals surface area contributed by atoms with Crippen molar-refractivity contribution in [3.63, 3.8) is 0 Å². The number of hydrogen-bond acceptors (Lipinski definition) is 4. The van der Waals surface area contributed by atoms with Gasteiger partial charge in [-0.15, -0.1) is 0 Å². The van der Waals surface area contributed by atoms with Crippen LogP contribution in [0.25, 0.3) is 11.1 Å². The van der Waals surface area contributed by atoms with E-state index in [2.05, 4.69) is 35.8 Å². The Hall–Kier alpha value is -2.82. The van der Waals surface area contributed by atoms with Crippen molar-refractivity contribution in [3.05, 3.63) is 59.2 Å². The number of hydrogen-bond donors (Lipinski definition) is 1. The molecule has 0 bridgehead atoms. The van der Waals surface area contributed by atoms with Gasteiger partial charge in [0, 0.05) is 7.11 Å². The number of benzene rings is 2. The maximum atomic E-state index is 9.49. The van der Waals surface area contributed by atoms with E-state index in [-0.39, 0.29) is 11.5 Å². The Morgan fingerprint density at radius 1 is 1.04 bits per heavy atom. The molecule has 0 saturated heterocycles. The molecule has 1 unspecified atom stereocenters. The molecule has 2 aromatic rings. The van der Waals surface area contributed by atoms with Crippen LogP contribution in [0.2, 0.25) is 0 Å². The van der Waals surface area contributed by atoms with Crippen molar-refractivity contribution in [2.75, 3.05) is 7.11 Å². The Balaban J connectivity index is 1.73. The van der Waals surface area contributed by atoms with Crippen LogP contribution in [0.4, 0.5) is 0 Å². The van der Waals surface area contributed by atoms with Crippen LogP contribution in [0.1, 0.15) is 54.8 Å². The fourth-order valence-electron chi connectivity index (χ4n) is 5.13. The zero-order valence-electron chi connectivity index (χ0n) is 16.2. The van der Waals surface area contributed by atoms with Crippen molar-refractivity contribution in [2.24, 2.45) is 5.41 Å². The largest absolute Gasteiger partial charge is 0.381 e. The van der Waals surface area contributed by atoms with Gasteiger partial charge in [-0.05, 0) is 84.4 Å². The Kier molecular flexibility index (Phi) is 5.07. The molecular formula is C24H25N3O. The van der Waals surface area contributed by atoms with Gasteiger partial charge in [0.2, 0.25) is 0 Å². The number of rotatable bonds is 3. The van der Waals surface area contributed by atoms with Crippen LogP contribution >= 0.6 is 0 Å². The molecule has 1 N–H and O–H groups in total. The van der Waals surface area contributed by atoms with Crippen LogP contribution in [-0.2, 0) is 11.2 Å². The van der Waals surface area contributed by atoms with Crippen LogP contribution in [0.5, 0.6) is 0 Å². The van der Waals surface area contributed by atoms with Gasteiger partial charge < -0.3 is 10.1 Å². The van der Waals surface area contributed by atoms with Gasteiger partial charge in [0.15, 0.2) is 6.19 Å². The summed E-state index contributed by atoms with van der Waals surface area (Å²) in [4.78, 5) is 0. The normalized spacial score (nSPS) is 26.1. The van der Waals surface area contributed by atoms with E-state index in [0.29, 0.717) is 11.7 Å². The first-order valence-corrected chi connectivity index (χ1v) is 10.00. The summed E-state index contributed by atoms with van der Waals surface area (Å²) < 4.78 is 5.58. The second-order valence-electron chi connectivity index (χ2n) is 8.09. The van der Waals surface area contributed by atoms with Gasteiger partial charge in [-0.1, -0.05) is 24.3 Å². The molecule has 0 radical (unpaired) electrons. The minimum atomic E-state index is 0.0400. The summed E-state index contributed by atoms with van der Waals surface area (Å²) in [5.74, 6) is 0. The minimum Gasteiger partial charge on any atom is -0.381 e. The summed E-state index contributed by atoms with van der Waals surface area (Å²) in [6, 6.07) is 16.5. The van der Waals surface area contributed by atoms with Crippen molar-refractivity contribution in [2.45, 2.75) is 50.7 Å². The van der Waals surface area contributed by atoms with Gasteiger partial charge in [-0.3, -0.25) is 0 Å². The average Bonchev–Trinajstić information content (AvgIpc) is 2.76. The lowest BCUT2D eigenvalue weighted by Gasteiger charge is -2.48. The molecule has 2 aliphatic rings. The van der Waals surface area contributed by atoms with Crippen LogP contribution in [0, 0.1) is 28.2 Å². The van der Waals surface area contributed by atoms with E-state index in [1.165, 1.54) is 11.1 Å². The summed E-state index contributed by atoms with van der Waals surface area (Å²) in [5.41, 5.74) is 5.49. The highest BCUT2D eigenvalue weighted by Crippen LogP contribution is 2.53. The summed E-state index contributed by atoms with van der Waals surface area (Å²) in [6.45, 7) is 0. The van der Waals surface area contributed by atoms with Gasteiger partial charge in [0.25, 0.3) is 0 Å². The van der Waals surface area contributed by atoms with E-state index in [9.17, 15) is 10.5 Å². The zero-order valence-corrected chi connectivity index (χ0v) is 16.2. The van der Waals surface area contributed by atoms with Crippen molar-refractivity contribution >= 4 is 0 Å². The lowest BCUT2D eigenvalue weighted by Crippen LogP contribution is -2.43. The first-order chi connectivity index (χ1) is 13.7. The zero-order chi connectivity index (χ0) is 19.6. The highest BCUT2D eigenvalue weighted by molar-refractivity contribution is 5.67. The quantitative estimate of drug-likeness (QED) is 0.618. The number of nitrogens with one attached hydrogen (secondary N) is 1. The standard InChI is InChI=1S/C24H25N3O/c1-28-21-8-11-24(12-9-21)10-7-18-5-6-20(14-22(18)23(24)27-16-26)19-4-2-3-17(13-19)15-25/h2-6,13-14,21,23,27H,7-12H2,1H3. The van der Waals surface area contributed by atoms with Gasteiger partial charge >= 0.3 is 0 Å². The molecular weight excluding hydrogens is 346 g/mol. The summed E-state index contributed by atoms with van der Waals surface area (Å²) in [6.07, 6.45) is 9.00. The molecule has 4 rings (SSSR count). The summed E-state index contributed by atoms with van der Waals surface area (Å²) >= 11 is 0. The maximum absolute atomic E-state index is 9.49. The number of aryl methyl sites for hydroxylation is 1. The number of nitriles is 2. The van der Waals surface area contributed by atoms with Crippen LogP contribution < -0.4 is 5.32 Å². The molecule has 0 aliphatic heterocycles. The molecule has 2 aliphatic carbocycles. The topological polar surface area (TPSA) is 68.8 Å². The molecule has 0 aromatic heterocycles. The molecule has 0 amide bonds. The van der Waals surface area contributed by atoms with Crippen molar-refractivity contribution < 1.29 is 4.74 Å². The predicted octanol–water partition coefficient (Wildman–Crippen LogP) is 4.86. The monoisotopic (exact) mass is 371 g/mol. The lowest BCUT2D eigenvalue weighted by molar-refractivity contribution is 0.00524. The molecule has 142 valence electrons. The molecule has 1 atom stereocenters. The number of fused-ring (bicyclic) bond motifs is 1. The first-order valence-electron chi connectivity index (χ1n) is 10.00. The number of methoxy groups -OCH3 is 1. The molecule has 1 fully saturated rings. The van der Waals surface area contributed by atoms with Gasteiger partial charge in [0.05, 0.1) is 23.8 Å². The molecule has 4 nitrogen and oxygen atoms in total. The summed E-state index contributed by atoms with van der Waals surface area (Å²) in [7, 11) is 1.80. The third-order valence-electron chi connectivity index (χ3n) is 6.76. The van der Waals surface area contributed by atoms with Gasteiger partial charge in [0.1, 0.15) is 0 Å². The van der Waals surface area contributed by atoms with E-state index in [0.717, 1.165) is 49.7 Å². The van der Waals surface area contributed by atoms with Crippen molar-refractivity contribution in [3.8, 4) is 23.4 Å². The Morgan fingerprint density at radius 3 is 2.54 bits per heavy atom. The number of nitrogens with zero attached hydrogens (tertiary/aromatic N) is 2. The third kappa shape index (κ3) is 3.26. The molecule has 28 heavy (non-hydrogen) atoms. The Morgan fingerprint density at radius 2 is 1.82 bits per heavy atom. The van der Waals surface area contributed by atoms with E-state index >= 15 is 0 Å². The lowest BCUT2D eigenvalue weighted by atomic mass is 9.60. The van der Waals surface area contributed by atoms with E-state index in [4.69, 9.17) is 4.74 Å². The summed E-state index contributed by atoms with van der Waals surface area (Å²) in [5, 5.41) is 21.9. The maximum Gasteiger partial charge on any atom is 0.177 e. The molecule has 1 saturated carbocycles. The highest BCUT2D eigenvalue weighted by Gasteiger charge is 2.45. The number of ether oxygens (including phenoxy) is 1. The van der Waals surface area contributed by atoms with Crippen LogP contribution in [-0.4, -0.2) is 13.2 Å². The fraction of sp³-hybridized carbons (Fsp3) is 0.417. The van der Waals surface area contributed by atoms with E-state index in [1.807, 2.05) is 24.3 Å². The smallest absolute Gasteiger partial charge is 0.177 e. The van der Waals surface area contributed by atoms with Gasteiger partial charge in [-0.2, -0.15) is 10.5 Å². The van der Waals surface area contributed by atoms with Crippen LogP contribution in [0.15, 0.2) is 42.5 Å². The Labute approximate surface area is 166 Å². The SMILES string of the molecule is COC1CCC2(CCc3ccc(-c4cccc(C#N)c4)cc3C2NC#N)CC1. The molecule has 0 heterocycles. The van der Waals surface area contributed by atoms with E-state index in [1.54, 1.807) is 7.11 Å². The molecule has 1 spiro atoms. The first kappa shape index (κ1) is 18.5. The van der Waals surface area contributed by atoms with Gasteiger partial charge in [-0.25, -0.2) is 0 Å². The minimum absolute atomic E-state index is 0.0400. The van der Waals surface area contributed by atoms with E-state index < -0.39 is 0 Å². The van der Waals surface area contributed by atoms with Crippen LogP contribution in [0.3, 0.4) is 0 Å².